The molecule has 0 saturated heterocycles. The molecule has 2 amide bonds. The minimum absolute atomic E-state index is 0.169. The van der Waals surface area contributed by atoms with Gasteiger partial charge in [0.25, 0.3) is 11.8 Å². The topological polar surface area (TPSA) is 58.6 Å². The van der Waals surface area contributed by atoms with Gasteiger partial charge in [0.05, 0.1) is 0 Å². The van der Waals surface area contributed by atoms with E-state index in [2.05, 4.69) is 5.32 Å². The molecule has 3 aromatic rings. The number of carbonyl (C=O) groups excluding carboxylic acids is 2. The lowest BCUT2D eigenvalue weighted by Gasteiger charge is -2.18. The standard InChI is InChI=1S/C23H21ClN2O3/c1-16(29-21-13-11-18(24)12-14-21)22(27)25-19-8-6-7-17(15-19)23(28)26(2)20-9-4-3-5-10-20/h3-16H,1-2H3,(H,25,27). The molecule has 0 radical (unpaired) electrons. The number of ether oxygens (including phenoxy) is 1. The van der Waals surface area contributed by atoms with Crippen LogP contribution in [0.5, 0.6) is 5.75 Å². The number of nitrogens with one attached hydrogen (secondary N) is 1. The average molecular weight is 409 g/mol. The predicted molar refractivity (Wildman–Crippen MR) is 116 cm³/mol. The SMILES string of the molecule is CC(Oc1ccc(Cl)cc1)C(=O)Nc1cccc(C(=O)N(C)c2ccccc2)c1. The molecule has 0 fully saturated rings. The highest BCUT2D eigenvalue weighted by molar-refractivity contribution is 6.30. The third-order valence-electron chi connectivity index (χ3n) is 4.32. The normalized spacial score (nSPS) is 11.4. The van der Waals surface area contributed by atoms with Crippen LogP contribution in [0.2, 0.25) is 5.02 Å². The van der Waals surface area contributed by atoms with Gasteiger partial charge >= 0.3 is 0 Å². The van der Waals surface area contributed by atoms with Crippen molar-refractivity contribution in [2.75, 3.05) is 17.3 Å². The van der Waals surface area contributed by atoms with E-state index in [1.165, 1.54) is 0 Å². The Morgan fingerprint density at radius 3 is 2.34 bits per heavy atom. The third kappa shape index (κ3) is 5.36. The number of para-hydroxylation sites is 1. The van der Waals surface area contributed by atoms with Crippen molar-refractivity contribution in [3.63, 3.8) is 0 Å². The van der Waals surface area contributed by atoms with Crippen molar-refractivity contribution in [2.24, 2.45) is 0 Å². The van der Waals surface area contributed by atoms with Gasteiger partial charge in [-0.3, -0.25) is 9.59 Å². The van der Waals surface area contributed by atoms with Gasteiger partial charge in [0.1, 0.15) is 5.75 Å². The van der Waals surface area contributed by atoms with E-state index in [0.29, 0.717) is 22.0 Å². The minimum Gasteiger partial charge on any atom is -0.481 e. The summed E-state index contributed by atoms with van der Waals surface area (Å²) in [4.78, 5) is 26.8. The monoisotopic (exact) mass is 408 g/mol. The van der Waals surface area contributed by atoms with Crippen molar-refractivity contribution in [3.05, 3.63) is 89.4 Å². The van der Waals surface area contributed by atoms with Gasteiger partial charge in [-0.25, -0.2) is 0 Å². The number of anilines is 2. The fourth-order valence-electron chi connectivity index (χ4n) is 2.71. The van der Waals surface area contributed by atoms with Crippen molar-refractivity contribution in [1.82, 2.24) is 0 Å². The van der Waals surface area contributed by atoms with E-state index in [0.717, 1.165) is 5.69 Å². The molecule has 0 bridgehead atoms. The Morgan fingerprint density at radius 1 is 0.966 bits per heavy atom. The summed E-state index contributed by atoms with van der Waals surface area (Å²) in [7, 11) is 1.71. The summed E-state index contributed by atoms with van der Waals surface area (Å²) in [6.45, 7) is 1.65. The van der Waals surface area contributed by atoms with Gasteiger partial charge in [-0.05, 0) is 61.5 Å². The van der Waals surface area contributed by atoms with Gasteiger partial charge in [-0.2, -0.15) is 0 Å². The van der Waals surface area contributed by atoms with Gasteiger partial charge in [0, 0.05) is 29.0 Å². The van der Waals surface area contributed by atoms with Crippen LogP contribution in [0, 0.1) is 0 Å². The number of halogens is 1. The Labute approximate surface area is 174 Å². The highest BCUT2D eigenvalue weighted by atomic mass is 35.5. The van der Waals surface area contributed by atoms with Crippen LogP contribution >= 0.6 is 11.6 Å². The van der Waals surface area contributed by atoms with Crippen LogP contribution in [0.1, 0.15) is 17.3 Å². The van der Waals surface area contributed by atoms with Gasteiger partial charge in [0.15, 0.2) is 6.10 Å². The summed E-state index contributed by atoms with van der Waals surface area (Å²) in [6.07, 6.45) is -0.720. The predicted octanol–water partition coefficient (Wildman–Crippen LogP) is 5.02. The number of nitrogens with zero attached hydrogens (tertiary/aromatic N) is 1. The van der Waals surface area contributed by atoms with Crippen molar-refractivity contribution in [2.45, 2.75) is 13.0 Å². The van der Waals surface area contributed by atoms with Gasteiger partial charge in [-0.15, -0.1) is 0 Å². The fraction of sp³-hybridized carbons (Fsp3) is 0.130. The third-order valence-corrected chi connectivity index (χ3v) is 4.57. The highest BCUT2D eigenvalue weighted by Gasteiger charge is 2.17. The van der Waals surface area contributed by atoms with Crippen molar-refractivity contribution in [1.29, 1.82) is 0 Å². The molecular formula is C23H21ClN2O3. The highest BCUT2D eigenvalue weighted by Crippen LogP contribution is 2.19. The largest absolute Gasteiger partial charge is 0.481 e. The smallest absolute Gasteiger partial charge is 0.265 e. The molecule has 29 heavy (non-hydrogen) atoms. The molecule has 1 atom stereocenters. The van der Waals surface area contributed by atoms with Crippen LogP contribution in [0.3, 0.4) is 0 Å². The molecule has 5 nitrogen and oxygen atoms in total. The van der Waals surface area contributed by atoms with E-state index in [9.17, 15) is 9.59 Å². The molecule has 0 aliphatic rings. The van der Waals surface area contributed by atoms with Crippen molar-refractivity contribution in [3.8, 4) is 5.75 Å². The zero-order valence-electron chi connectivity index (χ0n) is 16.1. The summed E-state index contributed by atoms with van der Waals surface area (Å²) in [5.41, 5.74) is 1.78. The first kappa shape index (κ1) is 20.4. The maximum Gasteiger partial charge on any atom is 0.265 e. The van der Waals surface area contributed by atoms with Gasteiger partial charge in [0.2, 0.25) is 0 Å². The fourth-order valence-corrected chi connectivity index (χ4v) is 2.83. The second-order valence-electron chi connectivity index (χ2n) is 6.48. The maximum atomic E-state index is 12.8. The first-order valence-electron chi connectivity index (χ1n) is 9.10. The summed E-state index contributed by atoms with van der Waals surface area (Å²) >= 11 is 5.85. The molecule has 1 N–H and O–H groups in total. The Bertz CT molecular complexity index is 991. The molecule has 0 aromatic heterocycles. The zero-order chi connectivity index (χ0) is 20.8. The molecule has 0 saturated carbocycles. The molecule has 0 aliphatic heterocycles. The number of benzene rings is 3. The van der Waals surface area contributed by atoms with Crippen LogP contribution in [0.25, 0.3) is 0 Å². The summed E-state index contributed by atoms with van der Waals surface area (Å²) in [5.74, 6) is 0.0594. The molecule has 0 spiro atoms. The maximum absolute atomic E-state index is 12.8. The number of hydrogen-bond donors (Lipinski definition) is 1. The van der Waals surface area contributed by atoms with Crippen molar-refractivity contribution < 1.29 is 14.3 Å². The molecule has 3 aromatic carbocycles. The first-order chi connectivity index (χ1) is 13.9. The number of rotatable bonds is 6. The molecule has 1 unspecified atom stereocenters. The lowest BCUT2D eigenvalue weighted by Crippen LogP contribution is -2.30. The zero-order valence-corrected chi connectivity index (χ0v) is 16.9. The summed E-state index contributed by atoms with van der Waals surface area (Å²) in [5, 5.41) is 3.38. The number of amides is 2. The molecule has 0 aliphatic carbocycles. The second-order valence-corrected chi connectivity index (χ2v) is 6.92. The quantitative estimate of drug-likeness (QED) is 0.622. The van der Waals surface area contributed by atoms with Crippen LogP contribution < -0.4 is 15.0 Å². The molecule has 3 rings (SSSR count). The number of hydrogen-bond acceptors (Lipinski definition) is 3. The van der Waals surface area contributed by atoms with E-state index >= 15 is 0 Å². The van der Waals surface area contributed by atoms with E-state index in [4.69, 9.17) is 16.3 Å². The molecule has 148 valence electrons. The van der Waals surface area contributed by atoms with Crippen LogP contribution in [0.15, 0.2) is 78.9 Å². The summed E-state index contributed by atoms with van der Waals surface area (Å²) in [6, 6.07) is 23.0. The van der Waals surface area contributed by atoms with E-state index in [1.807, 2.05) is 30.3 Å². The van der Waals surface area contributed by atoms with Crippen LogP contribution in [-0.2, 0) is 4.79 Å². The van der Waals surface area contributed by atoms with E-state index in [1.54, 1.807) is 67.4 Å². The van der Waals surface area contributed by atoms with Gasteiger partial charge in [-0.1, -0.05) is 35.9 Å². The Balaban J connectivity index is 1.66. The minimum atomic E-state index is -0.720. The lowest BCUT2D eigenvalue weighted by atomic mass is 10.1. The molecular weight excluding hydrogens is 388 g/mol. The Hall–Kier alpha value is -3.31. The van der Waals surface area contributed by atoms with Crippen molar-refractivity contribution >= 4 is 34.8 Å². The second kappa shape index (κ2) is 9.26. The van der Waals surface area contributed by atoms with Crippen LogP contribution in [0.4, 0.5) is 11.4 Å². The molecule has 6 heteroatoms. The Kier molecular flexibility index (Phi) is 6.52. The first-order valence-corrected chi connectivity index (χ1v) is 9.48. The average Bonchev–Trinajstić information content (AvgIpc) is 2.75. The molecule has 0 heterocycles. The van der Waals surface area contributed by atoms with E-state index < -0.39 is 6.10 Å². The van der Waals surface area contributed by atoms with Crippen LogP contribution in [-0.4, -0.2) is 25.0 Å². The summed E-state index contributed by atoms with van der Waals surface area (Å²) < 4.78 is 5.63. The lowest BCUT2D eigenvalue weighted by molar-refractivity contribution is -0.122. The van der Waals surface area contributed by atoms with Gasteiger partial charge < -0.3 is 15.0 Å². The Morgan fingerprint density at radius 2 is 1.66 bits per heavy atom. The van der Waals surface area contributed by atoms with E-state index in [-0.39, 0.29) is 11.8 Å². The number of carbonyl (C=O) groups is 2.